The van der Waals surface area contributed by atoms with Crippen molar-refractivity contribution in [2.45, 2.75) is 19.2 Å². The summed E-state index contributed by atoms with van der Waals surface area (Å²) in [5.74, 6) is -4.91. The zero-order valence-corrected chi connectivity index (χ0v) is 20.8. The van der Waals surface area contributed by atoms with Crippen molar-refractivity contribution in [3.63, 3.8) is 0 Å². The van der Waals surface area contributed by atoms with Gasteiger partial charge in [0.05, 0.1) is 39.6 Å². The quantitative estimate of drug-likeness (QED) is 0.251. The Hall–Kier alpha value is -4.64. The van der Waals surface area contributed by atoms with Crippen molar-refractivity contribution < 1.29 is 49.9 Å². The smallest absolute Gasteiger partial charge is 0.416 e. The van der Waals surface area contributed by atoms with Gasteiger partial charge in [0.1, 0.15) is 24.3 Å². The molecular formula is C26H13ClF7N3O4. The van der Waals surface area contributed by atoms with Crippen LogP contribution in [-0.4, -0.2) is 30.8 Å². The van der Waals surface area contributed by atoms with Crippen LogP contribution < -0.4 is 10.2 Å². The molecule has 0 unspecified atom stereocenters. The minimum Gasteiger partial charge on any atom is -0.444 e. The number of anilines is 2. The highest BCUT2D eigenvalue weighted by Gasteiger charge is 2.36. The topological polar surface area (TPSA) is 99.5 Å². The molecule has 3 aromatic carbocycles. The number of halogens is 8. The summed E-state index contributed by atoms with van der Waals surface area (Å²) in [5.41, 5.74) is -5.40. The average molecular weight is 600 g/mol. The van der Waals surface area contributed by atoms with Gasteiger partial charge in [0.25, 0.3) is 12.3 Å². The molecule has 1 aliphatic heterocycles. The summed E-state index contributed by atoms with van der Waals surface area (Å²) in [4.78, 5) is 39.3. The third-order valence-electron chi connectivity index (χ3n) is 5.83. The summed E-state index contributed by atoms with van der Waals surface area (Å²) >= 11 is 6.04. The minimum atomic E-state index is -5.04. The van der Waals surface area contributed by atoms with Crippen LogP contribution in [0.15, 0.2) is 42.5 Å². The largest absolute Gasteiger partial charge is 0.444 e. The summed E-state index contributed by atoms with van der Waals surface area (Å²) < 4.78 is 99.0. The van der Waals surface area contributed by atoms with Crippen molar-refractivity contribution in [1.82, 2.24) is 0 Å². The van der Waals surface area contributed by atoms with E-state index in [-0.39, 0.29) is 22.3 Å². The van der Waals surface area contributed by atoms with Gasteiger partial charge in [-0.1, -0.05) is 11.6 Å². The number of alkyl halides is 5. The Balaban J connectivity index is 1.95. The number of hydrogen-bond acceptors (Lipinski definition) is 5. The second kappa shape index (κ2) is 11.1. The number of nitrogens with zero attached hydrogens (tertiary/aromatic N) is 2. The van der Waals surface area contributed by atoms with Crippen LogP contribution in [0, 0.1) is 23.0 Å². The number of ether oxygens (including phenoxy) is 1. The van der Waals surface area contributed by atoms with E-state index in [4.69, 9.17) is 16.3 Å². The number of cyclic esters (lactones) is 1. The third-order valence-corrected chi connectivity index (χ3v) is 6.16. The number of amides is 2. The number of rotatable bonds is 6. The number of carbonyl (C=O) groups is 3. The van der Waals surface area contributed by atoms with Gasteiger partial charge in [-0.3, -0.25) is 14.5 Å². The Labute approximate surface area is 230 Å². The maximum Gasteiger partial charge on any atom is 0.416 e. The first-order valence-corrected chi connectivity index (χ1v) is 11.6. The summed E-state index contributed by atoms with van der Waals surface area (Å²) in [6.07, 6.45) is -9.40. The van der Waals surface area contributed by atoms with Crippen molar-refractivity contribution >= 4 is 40.8 Å². The minimum absolute atomic E-state index is 0.137. The van der Waals surface area contributed by atoms with Crippen LogP contribution in [0.2, 0.25) is 5.02 Å². The molecule has 0 saturated heterocycles. The SMILES string of the molecule is N#Cc1c2c(cc(NC(=O)c3cc(F)cc(C(F)(F)F)c3)c1C(=O)c1cc(F)ccc1Cl)N(CC(F)F)C(=O)OC2. The highest BCUT2D eigenvalue weighted by Crippen LogP contribution is 2.39. The maximum absolute atomic E-state index is 14.0. The van der Waals surface area contributed by atoms with Crippen LogP contribution in [0.4, 0.5) is 46.9 Å². The molecule has 15 heteroatoms. The molecule has 1 N–H and O–H groups in total. The molecule has 0 bridgehead atoms. The fourth-order valence-corrected chi connectivity index (χ4v) is 4.26. The van der Waals surface area contributed by atoms with E-state index in [1.165, 1.54) is 0 Å². The van der Waals surface area contributed by atoms with Gasteiger partial charge in [-0.05, 0) is 42.5 Å². The van der Waals surface area contributed by atoms with Crippen LogP contribution in [-0.2, 0) is 17.5 Å². The molecule has 212 valence electrons. The lowest BCUT2D eigenvalue weighted by Gasteiger charge is -2.31. The lowest BCUT2D eigenvalue weighted by atomic mass is 9.91. The van der Waals surface area contributed by atoms with Gasteiger partial charge in [0.2, 0.25) is 0 Å². The molecule has 0 aliphatic carbocycles. The molecule has 0 radical (unpaired) electrons. The zero-order chi connectivity index (χ0) is 30.2. The Morgan fingerprint density at radius 2 is 1.80 bits per heavy atom. The normalized spacial score (nSPS) is 13.0. The van der Waals surface area contributed by atoms with Crippen molar-refractivity contribution in [3.05, 3.63) is 92.5 Å². The Kier molecular flexibility index (Phi) is 7.94. The molecule has 4 rings (SSSR count). The van der Waals surface area contributed by atoms with E-state index in [2.05, 4.69) is 5.32 Å². The maximum atomic E-state index is 14.0. The molecule has 0 saturated carbocycles. The Bertz CT molecular complexity index is 1640. The van der Waals surface area contributed by atoms with Gasteiger partial charge in [-0.25, -0.2) is 22.4 Å². The van der Waals surface area contributed by atoms with E-state index in [1.54, 1.807) is 6.07 Å². The predicted molar refractivity (Wildman–Crippen MR) is 129 cm³/mol. The summed E-state index contributed by atoms with van der Waals surface area (Å²) in [5, 5.41) is 11.8. The fourth-order valence-electron chi connectivity index (χ4n) is 4.06. The first-order valence-electron chi connectivity index (χ1n) is 11.2. The standard InChI is InChI=1S/C26H13ClF7N3O4/c27-18-2-1-13(28)6-15(18)23(38)22-16(8-35)17-10-41-25(40)37(9-21(30)31)20(17)7-19(22)36-24(39)11-3-12(26(32,33)34)5-14(29)4-11/h1-7,21H,9-10H2,(H,36,39). The molecule has 0 fully saturated rings. The lowest BCUT2D eigenvalue weighted by Crippen LogP contribution is -2.39. The van der Waals surface area contributed by atoms with Gasteiger partial charge in [0, 0.05) is 16.7 Å². The number of nitrogens with one attached hydrogen (secondary N) is 1. The van der Waals surface area contributed by atoms with Crippen LogP contribution in [0.25, 0.3) is 0 Å². The molecule has 3 aromatic rings. The van der Waals surface area contributed by atoms with Gasteiger partial charge in [0.15, 0.2) is 5.78 Å². The molecule has 0 atom stereocenters. The van der Waals surface area contributed by atoms with E-state index in [1.807, 2.05) is 0 Å². The number of carbonyl (C=O) groups excluding carboxylic acids is 3. The Morgan fingerprint density at radius 3 is 2.44 bits per heavy atom. The first-order chi connectivity index (χ1) is 19.2. The van der Waals surface area contributed by atoms with E-state index in [9.17, 15) is 50.4 Å². The van der Waals surface area contributed by atoms with E-state index in [0.29, 0.717) is 23.1 Å². The van der Waals surface area contributed by atoms with Crippen molar-refractivity contribution in [3.8, 4) is 6.07 Å². The van der Waals surface area contributed by atoms with Gasteiger partial charge >= 0.3 is 12.3 Å². The molecule has 2 amide bonds. The second-order valence-corrected chi connectivity index (χ2v) is 8.88. The van der Waals surface area contributed by atoms with Crippen LogP contribution in [0.3, 0.4) is 0 Å². The molecular weight excluding hydrogens is 587 g/mol. The summed E-state index contributed by atoms with van der Waals surface area (Å²) in [6.45, 7) is -1.90. The highest BCUT2D eigenvalue weighted by atomic mass is 35.5. The van der Waals surface area contributed by atoms with Crippen LogP contribution in [0.5, 0.6) is 0 Å². The molecule has 1 aliphatic rings. The Morgan fingerprint density at radius 1 is 1.10 bits per heavy atom. The molecule has 0 spiro atoms. The molecule has 0 aromatic heterocycles. The summed E-state index contributed by atoms with van der Waals surface area (Å²) in [6, 6.07) is 6.07. The highest BCUT2D eigenvalue weighted by molar-refractivity contribution is 6.35. The third kappa shape index (κ3) is 5.94. The lowest BCUT2D eigenvalue weighted by molar-refractivity contribution is -0.137. The first kappa shape index (κ1) is 29.3. The van der Waals surface area contributed by atoms with Crippen molar-refractivity contribution in [2.24, 2.45) is 0 Å². The molecule has 7 nitrogen and oxygen atoms in total. The van der Waals surface area contributed by atoms with Crippen molar-refractivity contribution in [2.75, 3.05) is 16.8 Å². The number of ketones is 1. The number of nitriles is 1. The van der Waals surface area contributed by atoms with Crippen LogP contribution in [0.1, 0.15) is 43.0 Å². The van der Waals surface area contributed by atoms with Crippen LogP contribution >= 0.6 is 11.6 Å². The fraction of sp³-hybridized carbons (Fsp3) is 0.154. The van der Waals surface area contributed by atoms with E-state index in [0.717, 1.165) is 18.2 Å². The average Bonchev–Trinajstić information content (AvgIpc) is 2.89. The zero-order valence-electron chi connectivity index (χ0n) is 20.1. The monoisotopic (exact) mass is 599 g/mol. The van der Waals surface area contributed by atoms with Gasteiger partial charge < -0.3 is 10.1 Å². The predicted octanol–water partition coefficient (Wildman–Crippen LogP) is 6.71. The molecule has 1 heterocycles. The van der Waals surface area contributed by atoms with Gasteiger partial charge in [-0.15, -0.1) is 0 Å². The second-order valence-electron chi connectivity index (χ2n) is 8.47. The number of benzene rings is 3. The number of hydrogen-bond donors (Lipinski definition) is 1. The van der Waals surface area contributed by atoms with E-state index >= 15 is 0 Å². The number of fused-ring (bicyclic) bond motifs is 1. The van der Waals surface area contributed by atoms with E-state index < -0.39 is 88.7 Å². The summed E-state index contributed by atoms with van der Waals surface area (Å²) in [7, 11) is 0. The van der Waals surface area contributed by atoms with Crippen molar-refractivity contribution in [1.29, 1.82) is 5.26 Å². The molecule has 41 heavy (non-hydrogen) atoms. The van der Waals surface area contributed by atoms with Gasteiger partial charge in [-0.2, -0.15) is 18.4 Å².